The van der Waals surface area contributed by atoms with Gasteiger partial charge in [-0.25, -0.2) is 4.98 Å². The first-order valence-corrected chi connectivity index (χ1v) is 8.00. The molecule has 2 heterocycles. The normalized spacial score (nSPS) is 14.2. The van der Waals surface area contributed by atoms with Gasteiger partial charge in [0.1, 0.15) is 12.0 Å². The number of carbonyl (C=O) groups is 2. The molecule has 1 saturated heterocycles. The predicted octanol–water partition coefficient (Wildman–Crippen LogP) is 1.05. The number of carbonyl (C=O) groups excluding carboxylic acids is 2. The summed E-state index contributed by atoms with van der Waals surface area (Å²) in [6.45, 7) is 2.18. The predicted molar refractivity (Wildman–Crippen MR) is 94.0 cm³/mol. The monoisotopic (exact) mass is 355 g/mol. The van der Waals surface area contributed by atoms with Gasteiger partial charge < -0.3 is 15.5 Å². The summed E-state index contributed by atoms with van der Waals surface area (Å²) in [6, 6.07) is 9.27. The van der Waals surface area contributed by atoms with Gasteiger partial charge in [0, 0.05) is 43.4 Å². The fourth-order valence-corrected chi connectivity index (χ4v) is 2.77. The van der Waals surface area contributed by atoms with Crippen LogP contribution in [0, 0.1) is 10.1 Å². The molecule has 2 N–H and O–H groups in total. The van der Waals surface area contributed by atoms with Crippen LogP contribution in [-0.2, 0) is 0 Å². The molecule has 3 rings (SSSR count). The van der Waals surface area contributed by atoms with Crippen LogP contribution in [0.25, 0.3) is 0 Å². The van der Waals surface area contributed by atoms with Crippen molar-refractivity contribution in [1.82, 2.24) is 9.88 Å². The number of nitro groups is 1. The zero-order valence-electron chi connectivity index (χ0n) is 13.9. The van der Waals surface area contributed by atoms with E-state index in [1.54, 1.807) is 23.1 Å². The molecule has 1 aliphatic rings. The number of hydrogen-bond acceptors (Lipinski definition) is 6. The third-order valence-electron chi connectivity index (χ3n) is 4.25. The second kappa shape index (κ2) is 7.18. The number of aromatic nitrogens is 1. The molecule has 26 heavy (non-hydrogen) atoms. The number of pyridine rings is 1. The van der Waals surface area contributed by atoms with Crippen LogP contribution in [0.3, 0.4) is 0 Å². The summed E-state index contributed by atoms with van der Waals surface area (Å²) in [4.78, 5) is 41.6. The lowest BCUT2D eigenvalue weighted by Gasteiger charge is -2.35. The Kier molecular flexibility index (Phi) is 4.78. The summed E-state index contributed by atoms with van der Waals surface area (Å²) in [5.74, 6) is -0.000879. The first kappa shape index (κ1) is 17.3. The fourth-order valence-electron chi connectivity index (χ4n) is 2.77. The smallest absolute Gasteiger partial charge is 0.287 e. The van der Waals surface area contributed by atoms with Crippen molar-refractivity contribution in [2.75, 3.05) is 31.1 Å². The Bertz CT molecular complexity index is 827. The minimum atomic E-state index is -0.534. The van der Waals surface area contributed by atoms with Gasteiger partial charge in [-0.2, -0.15) is 0 Å². The summed E-state index contributed by atoms with van der Waals surface area (Å²) in [5.41, 5.74) is 6.00. The Morgan fingerprint density at radius 1 is 1.00 bits per heavy atom. The van der Waals surface area contributed by atoms with Gasteiger partial charge in [0.15, 0.2) is 0 Å². The molecule has 1 fully saturated rings. The Labute approximate surface area is 149 Å². The Morgan fingerprint density at radius 2 is 1.62 bits per heavy atom. The molecule has 0 unspecified atom stereocenters. The molecule has 0 spiro atoms. The molecule has 1 aromatic heterocycles. The minimum Gasteiger partial charge on any atom is -0.366 e. The summed E-state index contributed by atoms with van der Waals surface area (Å²) < 4.78 is 0. The van der Waals surface area contributed by atoms with Crippen LogP contribution in [0.1, 0.15) is 20.7 Å². The number of piperazine rings is 1. The summed E-state index contributed by atoms with van der Waals surface area (Å²) in [6.07, 6.45) is 1.23. The molecular formula is C17H17N5O4. The van der Waals surface area contributed by atoms with Crippen molar-refractivity contribution in [3.8, 4) is 0 Å². The number of anilines is 1. The lowest BCUT2D eigenvalue weighted by atomic mass is 10.1. The zero-order chi connectivity index (χ0) is 18.7. The number of benzene rings is 1. The van der Waals surface area contributed by atoms with Crippen molar-refractivity contribution in [2.24, 2.45) is 5.73 Å². The van der Waals surface area contributed by atoms with E-state index in [0.29, 0.717) is 43.1 Å². The molecule has 1 aromatic carbocycles. The van der Waals surface area contributed by atoms with E-state index in [1.807, 2.05) is 4.90 Å². The van der Waals surface area contributed by atoms with Crippen LogP contribution in [0.5, 0.6) is 0 Å². The zero-order valence-corrected chi connectivity index (χ0v) is 13.9. The highest BCUT2D eigenvalue weighted by Gasteiger charge is 2.23. The van der Waals surface area contributed by atoms with E-state index >= 15 is 0 Å². The molecular weight excluding hydrogens is 338 g/mol. The maximum absolute atomic E-state index is 12.5. The number of nitrogens with zero attached hydrogens (tertiary/aromatic N) is 4. The molecule has 2 amide bonds. The van der Waals surface area contributed by atoms with Gasteiger partial charge in [-0.1, -0.05) is 0 Å². The summed E-state index contributed by atoms with van der Waals surface area (Å²) in [5, 5.41) is 10.7. The minimum absolute atomic E-state index is 0.0537. The number of amides is 2. The molecule has 9 nitrogen and oxygen atoms in total. The van der Waals surface area contributed by atoms with Crippen molar-refractivity contribution >= 4 is 23.3 Å². The molecule has 134 valence electrons. The molecule has 0 atom stereocenters. The Balaban J connectivity index is 1.61. The van der Waals surface area contributed by atoms with E-state index in [1.165, 1.54) is 24.4 Å². The van der Waals surface area contributed by atoms with Crippen LogP contribution in [0.15, 0.2) is 42.6 Å². The standard InChI is InChI=1S/C17H17N5O4/c18-16(23)12-1-3-13(4-2-12)17(24)21-9-7-20(8-10-21)15-6-5-14(11-19-15)22(25)26/h1-6,11H,7-10H2,(H2,18,23). The number of rotatable bonds is 4. The van der Waals surface area contributed by atoms with Crippen LogP contribution in [0.4, 0.5) is 11.5 Å². The van der Waals surface area contributed by atoms with Crippen molar-refractivity contribution in [2.45, 2.75) is 0 Å². The quantitative estimate of drug-likeness (QED) is 0.646. The average molecular weight is 355 g/mol. The molecule has 2 aromatic rings. The van der Waals surface area contributed by atoms with Gasteiger partial charge in [-0.3, -0.25) is 19.7 Å². The number of nitrogens with two attached hydrogens (primary N) is 1. The van der Waals surface area contributed by atoms with Gasteiger partial charge in [0.05, 0.1) is 4.92 Å². The van der Waals surface area contributed by atoms with E-state index in [2.05, 4.69) is 4.98 Å². The Hall–Kier alpha value is -3.49. The van der Waals surface area contributed by atoms with E-state index in [9.17, 15) is 19.7 Å². The van der Waals surface area contributed by atoms with Gasteiger partial charge in [-0.05, 0) is 30.3 Å². The van der Waals surface area contributed by atoms with Crippen molar-refractivity contribution in [3.05, 3.63) is 63.8 Å². The number of hydrogen-bond donors (Lipinski definition) is 1. The third kappa shape index (κ3) is 3.61. The van der Waals surface area contributed by atoms with Gasteiger partial charge in [-0.15, -0.1) is 0 Å². The average Bonchev–Trinajstić information content (AvgIpc) is 2.67. The SMILES string of the molecule is NC(=O)c1ccc(C(=O)N2CCN(c3ccc([N+](=O)[O-])cn3)CC2)cc1. The first-order valence-electron chi connectivity index (χ1n) is 8.00. The maximum Gasteiger partial charge on any atom is 0.287 e. The highest BCUT2D eigenvalue weighted by molar-refractivity contribution is 5.97. The molecule has 9 heteroatoms. The maximum atomic E-state index is 12.5. The van der Waals surface area contributed by atoms with Crippen molar-refractivity contribution < 1.29 is 14.5 Å². The highest BCUT2D eigenvalue weighted by atomic mass is 16.6. The van der Waals surface area contributed by atoms with Gasteiger partial charge in [0.2, 0.25) is 5.91 Å². The van der Waals surface area contributed by atoms with Crippen LogP contribution in [0.2, 0.25) is 0 Å². The topological polar surface area (TPSA) is 123 Å². The Morgan fingerprint density at radius 3 is 2.12 bits per heavy atom. The van der Waals surface area contributed by atoms with Crippen LogP contribution < -0.4 is 10.6 Å². The van der Waals surface area contributed by atoms with Crippen LogP contribution >= 0.6 is 0 Å². The molecule has 0 radical (unpaired) electrons. The third-order valence-corrected chi connectivity index (χ3v) is 4.25. The molecule has 1 aliphatic heterocycles. The van der Waals surface area contributed by atoms with Crippen molar-refractivity contribution in [1.29, 1.82) is 0 Å². The highest BCUT2D eigenvalue weighted by Crippen LogP contribution is 2.18. The number of primary amides is 1. The van der Waals surface area contributed by atoms with E-state index in [4.69, 9.17) is 5.73 Å². The largest absolute Gasteiger partial charge is 0.366 e. The van der Waals surface area contributed by atoms with Crippen LogP contribution in [-0.4, -0.2) is 52.8 Å². The summed E-state index contributed by atoms with van der Waals surface area (Å²) in [7, 11) is 0. The van der Waals surface area contributed by atoms with E-state index in [0.717, 1.165) is 0 Å². The second-order valence-corrected chi connectivity index (χ2v) is 5.85. The lowest BCUT2D eigenvalue weighted by molar-refractivity contribution is -0.385. The fraction of sp³-hybridized carbons (Fsp3) is 0.235. The van der Waals surface area contributed by atoms with Gasteiger partial charge in [0.25, 0.3) is 11.6 Å². The summed E-state index contributed by atoms with van der Waals surface area (Å²) >= 11 is 0. The lowest BCUT2D eigenvalue weighted by Crippen LogP contribution is -2.49. The van der Waals surface area contributed by atoms with Crippen molar-refractivity contribution in [3.63, 3.8) is 0 Å². The molecule has 0 bridgehead atoms. The first-order chi connectivity index (χ1) is 12.5. The van der Waals surface area contributed by atoms with Gasteiger partial charge >= 0.3 is 0 Å². The second-order valence-electron chi connectivity index (χ2n) is 5.85. The van der Waals surface area contributed by atoms with E-state index in [-0.39, 0.29) is 11.6 Å². The molecule has 0 saturated carbocycles. The van der Waals surface area contributed by atoms with E-state index < -0.39 is 10.8 Å². The molecule has 0 aliphatic carbocycles.